The molecule has 0 unspecified atom stereocenters. The average molecular weight is 464 g/mol. The highest BCUT2D eigenvalue weighted by Crippen LogP contribution is 2.29. The molecule has 0 aliphatic rings. The van der Waals surface area contributed by atoms with Crippen LogP contribution in [0.1, 0.15) is 11.8 Å². The molecule has 10 heteroatoms. The summed E-state index contributed by atoms with van der Waals surface area (Å²) in [6.07, 6.45) is 1.80. The predicted molar refractivity (Wildman–Crippen MR) is 129 cm³/mol. The van der Waals surface area contributed by atoms with Gasteiger partial charge in [-0.3, -0.25) is 5.32 Å². The van der Waals surface area contributed by atoms with Crippen molar-refractivity contribution in [3.05, 3.63) is 65.7 Å². The Kier molecular flexibility index (Phi) is 6.93. The Balaban J connectivity index is 1.58. The molecule has 0 spiro atoms. The monoisotopic (exact) mass is 463 g/mol. The number of aryl methyl sites for hydroxylation is 1. The van der Waals surface area contributed by atoms with E-state index in [1.165, 1.54) is 23.1 Å². The van der Waals surface area contributed by atoms with E-state index in [0.717, 1.165) is 20.5 Å². The minimum atomic E-state index is -0.231. The second-order valence-electron chi connectivity index (χ2n) is 6.64. The summed E-state index contributed by atoms with van der Waals surface area (Å²) in [4.78, 5) is 31.8. The van der Waals surface area contributed by atoms with Crippen molar-refractivity contribution in [3.63, 3.8) is 0 Å². The zero-order valence-corrected chi connectivity index (χ0v) is 19.1. The number of nitrogens with zero attached hydrogens (tertiary/aromatic N) is 4. The second kappa shape index (κ2) is 10.2. The molecule has 4 aromatic rings. The Labute approximate surface area is 194 Å². The highest BCUT2D eigenvalue weighted by atomic mass is 32.2. The fourth-order valence-electron chi connectivity index (χ4n) is 2.73. The Morgan fingerprint density at radius 2 is 1.81 bits per heavy atom. The number of anilines is 3. The molecule has 2 amide bonds. The first-order chi connectivity index (χ1) is 15.6. The van der Waals surface area contributed by atoms with Crippen LogP contribution < -0.4 is 16.0 Å². The minimum absolute atomic E-state index is 0.231. The maximum absolute atomic E-state index is 11.7. The highest BCUT2D eigenvalue weighted by molar-refractivity contribution is 7.99. The van der Waals surface area contributed by atoms with Gasteiger partial charge in [-0.15, -0.1) is 11.3 Å². The molecule has 32 heavy (non-hydrogen) atoms. The molecule has 4 rings (SSSR count). The SMILES string of the molecule is CCNC(=O)Nc1ccc(Sc2nc(Nc3ncc(C)s3)nc(-c3ccccc3)n2)cc1. The fraction of sp³-hybridized carbons (Fsp3) is 0.136. The van der Waals surface area contributed by atoms with E-state index in [1.54, 1.807) is 6.20 Å². The fourth-order valence-corrected chi connectivity index (χ4v) is 4.14. The van der Waals surface area contributed by atoms with E-state index in [2.05, 4.69) is 35.9 Å². The van der Waals surface area contributed by atoms with Crippen molar-refractivity contribution in [3.8, 4) is 11.4 Å². The Bertz CT molecular complexity index is 1200. The van der Waals surface area contributed by atoms with Crippen LogP contribution in [-0.2, 0) is 0 Å². The lowest BCUT2D eigenvalue weighted by atomic mass is 10.2. The summed E-state index contributed by atoms with van der Waals surface area (Å²) in [5.41, 5.74) is 1.61. The number of thiazole rings is 1. The van der Waals surface area contributed by atoms with Crippen LogP contribution in [0.15, 0.2) is 70.8 Å². The van der Waals surface area contributed by atoms with Crippen molar-refractivity contribution < 1.29 is 4.79 Å². The molecule has 0 atom stereocenters. The van der Waals surface area contributed by atoms with Gasteiger partial charge in [-0.05, 0) is 49.9 Å². The van der Waals surface area contributed by atoms with Crippen LogP contribution in [0.4, 0.5) is 21.6 Å². The van der Waals surface area contributed by atoms with Gasteiger partial charge in [-0.25, -0.2) is 14.8 Å². The van der Waals surface area contributed by atoms with Crippen molar-refractivity contribution in [1.82, 2.24) is 25.3 Å². The van der Waals surface area contributed by atoms with Gasteiger partial charge in [0.15, 0.2) is 16.1 Å². The van der Waals surface area contributed by atoms with E-state index in [1.807, 2.05) is 68.4 Å². The van der Waals surface area contributed by atoms with Crippen molar-refractivity contribution in [1.29, 1.82) is 0 Å². The lowest BCUT2D eigenvalue weighted by Gasteiger charge is -2.09. The van der Waals surface area contributed by atoms with Gasteiger partial charge in [-0.1, -0.05) is 30.3 Å². The summed E-state index contributed by atoms with van der Waals surface area (Å²) in [5.74, 6) is 1.01. The van der Waals surface area contributed by atoms with Crippen LogP contribution in [0.3, 0.4) is 0 Å². The molecule has 162 valence electrons. The average Bonchev–Trinajstić information content (AvgIpc) is 3.20. The lowest BCUT2D eigenvalue weighted by molar-refractivity contribution is 0.252. The largest absolute Gasteiger partial charge is 0.338 e. The topological polar surface area (TPSA) is 105 Å². The number of aromatic nitrogens is 4. The first-order valence-corrected chi connectivity index (χ1v) is 11.6. The van der Waals surface area contributed by atoms with E-state index >= 15 is 0 Å². The molecule has 0 saturated heterocycles. The zero-order chi connectivity index (χ0) is 22.3. The van der Waals surface area contributed by atoms with Gasteiger partial charge in [-0.2, -0.15) is 9.97 Å². The molecule has 8 nitrogen and oxygen atoms in total. The molecule has 0 saturated carbocycles. The highest BCUT2D eigenvalue weighted by Gasteiger charge is 2.12. The third-order valence-electron chi connectivity index (χ3n) is 4.15. The zero-order valence-electron chi connectivity index (χ0n) is 17.5. The number of carbonyl (C=O) groups excluding carboxylic acids is 1. The van der Waals surface area contributed by atoms with Crippen LogP contribution in [0.2, 0.25) is 0 Å². The Morgan fingerprint density at radius 3 is 2.50 bits per heavy atom. The number of nitrogens with one attached hydrogen (secondary N) is 3. The van der Waals surface area contributed by atoms with Gasteiger partial charge >= 0.3 is 6.03 Å². The van der Waals surface area contributed by atoms with Crippen molar-refractivity contribution in [2.75, 3.05) is 17.2 Å². The summed E-state index contributed by atoms with van der Waals surface area (Å²) in [5, 5.41) is 9.95. The second-order valence-corrected chi connectivity index (χ2v) is 8.92. The lowest BCUT2D eigenvalue weighted by Crippen LogP contribution is -2.28. The maximum Gasteiger partial charge on any atom is 0.319 e. The van der Waals surface area contributed by atoms with Crippen LogP contribution >= 0.6 is 23.1 Å². The first-order valence-electron chi connectivity index (χ1n) is 9.93. The molecule has 2 aromatic carbocycles. The van der Waals surface area contributed by atoms with Crippen molar-refractivity contribution in [2.24, 2.45) is 0 Å². The Morgan fingerprint density at radius 1 is 1.03 bits per heavy atom. The Hall–Kier alpha value is -3.50. The number of hydrogen-bond acceptors (Lipinski definition) is 8. The quantitative estimate of drug-likeness (QED) is 0.340. The smallest absolute Gasteiger partial charge is 0.319 e. The van der Waals surface area contributed by atoms with Crippen molar-refractivity contribution in [2.45, 2.75) is 23.9 Å². The summed E-state index contributed by atoms with van der Waals surface area (Å²) in [6, 6.07) is 17.0. The molecule has 0 aliphatic carbocycles. The van der Waals surface area contributed by atoms with E-state index < -0.39 is 0 Å². The minimum Gasteiger partial charge on any atom is -0.338 e. The molecule has 0 fully saturated rings. The van der Waals surface area contributed by atoms with E-state index in [0.29, 0.717) is 29.2 Å². The summed E-state index contributed by atoms with van der Waals surface area (Å²) < 4.78 is 0. The standard InChI is InChI=1S/C22H21N7OS2/c1-3-23-20(30)25-16-9-11-17(12-10-16)32-22-27-18(15-7-5-4-6-8-15)26-19(29-22)28-21-24-13-14(2)31-21/h4-13H,3H2,1-2H3,(H2,23,25,30)(H,24,26,27,28,29). The van der Waals surface area contributed by atoms with Gasteiger partial charge in [0.05, 0.1) is 0 Å². The van der Waals surface area contributed by atoms with Gasteiger partial charge in [0.25, 0.3) is 0 Å². The number of benzene rings is 2. The van der Waals surface area contributed by atoms with Crippen molar-refractivity contribution >= 4 is 45.9 Å². The van der Waals surface area contributed by atoms with Crippen LogP contribution in [-0.4, -0.2) is 32.5 Å². The molecular weight excluding hydrogens is 442 g/mol. The third-order valence-corrected chi connectivity index (χ3v) is 5.85. The van der Waals surface area contributed by atoms with Gasteiger partial charge < -0.3 is 10.6 Å². The number of carbonyl (C=O) groups is 1. The van der Waals surface area contributed by atoms with Gasteiger partial charge in [0.1, 0.15) is 0 Å². The molecule has 0 radical (unpaired) electrons. The third kappa shape index (κ3) is 5.80. The molecular formula is C22H21N7OS2. The van der Waals surface area contributed by atoms with Gasteiger partial charge in [0, 0.05) is 33.8 Å². The van der Waals surface area contributed by atoms with E-state index in [9.17, 15) is 4.79 Å². The van der Waals surface area contributed by atoms with E-state index in [4.69, 9.17) is 0 Å². The predicted octanol–water partition coefficient (Wildman–Crippen LogP) is 5.34. The summed E-state index contributed by atoms with van der Waals surface area (Å²) >= 11 is 2.95. The van der Waals surface area contributed by atoms with E-state index in [-0.39, 0.29) is 6.03 Å². The van der Waals surface area contributed by atoms with Gasteiger partial charge in [0.2, 0.25) is 5.95 Å². The maximum atomic E-state index is 11.7. The summed E-state index contributed by atoms with van der Waals surface area (Å²) in [7, 11) is 0. The molecule has 3 N–H and O–H groups in total. The van der Waals surface area contributed by atoms with Crippen LogP contribution in [0.5, 0.6) is 0 Å². The molecule has 2 aromatic heterocycles. The number of urea groups is 1. The normalized spacial score (nSPS) is 10.6. The first kappa shape index (κ1) is 21.7. The molecule has 0 aliphatic heterocycles. The molecule has 2 heterocycles. The molecule has 0 bridgehead atoms. The van der Waals surface area contributed by atoms with Crippen LogP contribution in [0.25, 0.3) is 11.4 Å². The summed E-state index contributed by atoms with van der Waals surface area (Å²) in [6.45, 7) is 4.44. The number of hydrogen-bond donors (Lipinski definition) is 3. The number of rotatable bonds is 7. The van der Waals surface area contributed by atoms with Crippen LogP contribution in [0, 0.1) is 6.92 Å². The number of amides is 2.